The largest absolute Gasteiger partial charge is 0.444 e. The monoisotopic (exact) mass is 320 g/mol. The Morgan fingerprint density at radius 2 is 1.96 bits per heavy atom. The van der Waals surface area contributed by atoms with Crippen LogP contribution in [0.3, 0.4) is 0 Å². The van der Waals surface area contributed by atoms with Gasteiger partial charge in [0.2, 0.25) is 0 Å². The number of carbonyl (C=O) groups is 1. The van der Waals surface area contributed by atoms with Crippen molar-refractivity contribution in [2.45, 2.75) is 66.5 Å². The molecule has 0 bridgehead atoms. The van der Waals surface area contributed by atoms with E-state index in [-0.39, 0.29) is 12.1 Å². The number of nitrogens with zero attached hydrogens (tertiary/aromatic N) is 1. The van der Waals surface area contributed by atoms with E-state index >= 15 is 0 Å². The second kappa shape index (κ2) is 8.23. The highest BCUT2D eigenvalue weighted by Gasteiger charge is 2.26. The van der Waals surface area contributed by atoms with Crippen LogP contribution in [0.4, 0.5) is 10.5 Å². The molecule has 130 valence electrons. The van der Waals surface area contributed by atoms with Crippen LogP contribution < -0.4 is 5.32 Å². The predicted octanol–water partition coefficient (Wildman–Crippen LogP) is 5.13. The van der Waals surface area contributed by atoms with Gasteiger partial charge in [-0.15, -0.1) is 0 Å². The van der Waals surface area contributed by atoms with Gasteiger partial charge in [0.25, 0.3) is 0 Å². The zero-order valence-corrected chi connectivity index (χ0v) is 15.7. The maximum Gasteiger partial charge on any atom is 0.410 e. The standard InChI is InChI=1S/C19H32N2O2/c1-8-12-21(18(22)23-19(5,6)7)15(4)16-11-10-14(3)17(13-16)20-9-2/h10-11,13,15,20H,8-9,12H2,1-7H3/t15-/m1/s1. The Bertz CT molecular complexity index is 521. The SMILES string of the molecule is CCCN(C(=O)OC(C)(C)C)[C@H](C)c1ccc(C)c(NCC)c1. The van der Waals surface area contributed by atoms with Crippen LogP contribution in [0.25, 0.3) is 0 Å². The smallest absolute Gasteiger partial charge is 0.410 e. The van der Waals surface area contributed by atoms with Gasteiger partial charge in [-0.25, -0.2) is 4.79 Å². The zero-order chi connectivity index (χ0) is 17.6. The number of carbonyl (C=O) groups excluding carboxylic acids is 1. The van der Waals surface area contributed by atoms with E-state index in [2.05, 4.69) is 51.2 Å². The number of anilines is 1. The van der Waals surface area contributed by atoms with Crippen LogP contribution >= 0.6 is 0 Å². The summed E-state index contributed by atoms with van der Waals surface area (Å²) in [6.07, 6.45) is 0.646. The molecule has 4 nitrogen and oxygen atoms in total. The highest BCUT2D eigenvalue weighted by Crippen LogP contribution is 2.27. The Labute approximate surface area is 141 Å². The van der Waals surface area contributed by atoms with Crippen molar-refractivity contribution >= 4 is 11.8 Å². The first-order valence-electron chi connectivity index (χ1n) is 8.53. The van der Waals surface area contributed by atoms with E-state index in [1.54, 1.807) is 0 Å². The van der Waals surface area contributed by atoms with Gasteiger partial charge >= 0.3 is 6.09 Å². The Balaban J connectivity index is 3.03. The van der Waals surface area contributed by atoms with Gasteiger partial charge in [0.05, 0.1) is 6.04 Å². The first-order chi connectivity index (χ1) is 10.7. The van der Waals surface area contributed by atoms with Gasteiger partial charge in [-0.2, -0.15) is 0 Å². The van der Waals surface area contributed by atoms with Gasteiger partial charge < -0.3 is 15.0 Å². The van der Waals surface area contributed by atoms with Crippen molar-refractivity contribution in [3.63, 3.8) is 0 Å². The molecule has 0 heterocycles. The van der Waals surface area contributed by atoms with Crippen molar-refractivity contribution in [2.75, 3.05) is 18.4 Å². The number of aryl methyl sites for hydroxylation is 1. The maximum atomic E-state index is 12.5. The van der Waals surface area contributed by atoms with Crippen LogP contribution in [0.2, 0.25) is 0 Å². The van der Waals surface area contributed by atoms with Gasteiger partial charge in [-0.1, -0.05) is 19.1 Å². The maximum absolute atomic E-state index is 12.5. The summed E-state index contributed by atoms with van der Waals surface area (Å²) in [5, 5.41) is 3.37. The predicted molar refractivity (Wildman–Crippen MR) is 97.0 cm³/mol. The summed E-state index contributed by atoms with van der Waals surface area (Å²) in [4.78, 5) is 14.3. The van der Waals surface area contributed by atoms with Crippen molar-refractivity contribution < 1.29 is 9.53 Å². The number of hydrogen-bond donors (Lipinski definition) is 1. The molecule has 0 aliphatic heterocycles. The molecule has 0 saturated heterocycles. The fraction of sp³-hybridized carbons (Fsp3) is 0.632. The average molecular weight is 320 g/mol. The Hall–Kier alpha value is -1.71. The summed E-state index contributed by atoms with van der Waals surface area (Å²) in [5.41, 5.74) is 2.97. The van der Waals surface area contributed by atoms with Crippen LogP contribution in [-0.4, -0.2) is 29.7 Å². The molecule has 0 aromatic heterocycles. The fourth-order valence-electron chi connectivity index (χ4n) is 2.46. The highest BCUT2D eigenvalue weighted by atomic mass is 16.6. The molecular weight excluding hydrogens is 288 g/mol. The summed E-state index contributed by atoms with van der Waals surface area (Å²) >= 11 is 0. The minimum absolute atomic E-state index is 0.0252. The Morgan fingerprint density at radius 1 is 1.30 bits per heavy atom. The lowest BCUT2D eigenvalue weighted by molar-refractivity contribution is 0.0173. The second-order valence-corrected chi connectivity index (χ2v) is 6.95. The van der Waals surface area contributed by atoms with Gasteiger partial charge in [-0.3, -0.25) is 0 Å². The highest BCUT2D eigenvalue weighted by molar-refractivity contribution is 5.69. The normalized spacial score (nSPS) is 12.7. The molecule has 0 unspecified atom stereocenters. The lowest BCUT2D eigenvalue weighted by Crippen LogP contribution is -2.38. The van der Waals surface area contributed by atoms with E-state index in [1.165, 1.54) is 5.56 Å². The van der Waals surface area contributed by atoms with Crippen LogP contribution in [0, 0.1) is 6.92 Å². The van der Waals surface area contributed by atoms with E-state index in [1.807, 2.05) is 25.7 Å². The minimum Gasteiger partial charge on any atom is -0.444 e. The van der Waals surface area contributed by atoms with Crippen LogP contribution in [-0.2, 0) is 4.74 Å². The van der Waals surface area contributed by atoms with E-state index in [9.17, 15) is 4.79 Å². The summed E-state index contributed by atoms with van der Waals surface area (Å²) < 4.78 is 5.57. The lowest BCUT2D eigenvalue weighted by atomic mass is 10.0. The summed E-state index contributed by atoms with van der Waals surface area (Å²) in [6, 6.07) is 6.30. The third-order valence-corrected chi connectivity index (χ3v) is 3.67. The van der Waals surface area contributed by atoms with Crippen molar-refractivity contribution in [3.8, 4) is 0 Å². The van der Waals surface area contributed by atoms with Crippen molar-refractivity contribution in [1.82, 2.24) is 4.90 Å². The third kappa shape index (κ3) is 5.77. The zero-order valence-electron chi connectivity index (χ0n) is 15.7. The van der Waals surface area contributed by atoms with Crippen LogP contribution in [0.1, 0.15) is 65.1 Å². The fourth-order valence-corrected chi connectivity index (χ4v) is 2.46. The summed E-state index contributed by atoms with van der Waals surface area (Å²) in [6.45, 7) is 15.6. The molecule has 0 fully saturated rings. The molecule has 0 spiro atoms. The van der Waals surface area contributed by atoms with Crippen LogP contribution in [0.15, 0.2) is 18.2 Å². The van der Waals surface area contributed by atoms with E-state index in [4.69, 9.17) is 4.74 Å². The molecule has 4 heteroatoms. The van der Waals surface area contributed by atoms with Crippen LogP contribution in [0.5, 0.6) is 0 Å². The number of amides is 1. The minimum atomic E-state index is -0.481. The summed E-state index contributed by atoms with van der Waals surface area (Å²) in [5.74, 6) is 0. The Kier molecular flexibility index (Phi) is 6.92. The van der Waals surface area contributed by atoms with Crippen molar-refractivity contribution in [2.24, 2.45) is 0 Å². The van der Waals surface area contributed by atoms with Gasteiger partial charge in [0.1, 0.15) is 5.60 Å². The first kappa shape index (κ1) is 19.3. The van der Waals surface area contributed by atoms with E-state index in [0.717, 1.165) is 24.2 Å². The number of benzene rings is 1. The number of ether oxygens (including phenoxy) is 1. The van der Waals surface area contributed by atoms with E-state index in [0.29, 0.717) is 6.54 Å². The van der Waals surface area contributed by atoms with Gasteiger partial charge in [0, 0.05) is 18.8 Å². The molecule has 1 rings (SSSR count). The average Bonchev–Trinajstić information content (AvgIpc) is 2.44. The molecule has 0 saturated carbocycles. The molecule has 23 heavy (non-hydrogen) atoms. The van der Waals surface area contributed by atoms with Crippen molar-refractivity contribution in [3.05, 3.63) is 29.3 Å². The number of rotatable bonds is 6. The first-order valence-corrected chi connectivity index (χ1v) is 8.53. The summed E-state index contributed by atoms with van der Waals surface area (Å²) in [7, 11) is 0. The number of nitrogens with one attached hydrogen (secondary N) is 1. The van der Waals surface area contributed by atoms with Gasteiger partial charge in [-0.05, 0) is 65.2 Å². The molecule has 1 aromatic rings. The topological polar surface area (TPSA) is 41.6 Å². The Morgan fingerprint density at radius 3 is 2.48 bits per heavy atom. The number of hydrogen-bond acceptors (Lipinski definition) is 3. The quantitative estimate of drug-likeness (QED) is 0.789. The molecule has 0 radical (unpaired) electrons. The lowest BCUT2D eigenvalue weighted by Gasteiger charge is -2.32. The molecule has 1 aromatic carbocycles. The molecule has 1 atom stereocenters. The molecule has 0 aliphatic rings. The molecule has 1 N–H and O–H groups in total. The molecule has 1 amide bonds. The van der Waals surface area contributed by atoms with Gasteiger partial charge in [0.15, 0.2) is 0 Å². The van der Waals surface area contributed by atoms with E-state index < -0.39 is 5.60 Å². The second-order valence-electron chi connectivity index (χ2n) is 6.95. The molecular formula is C19H32N2O2. The molecule has 0 aliphatic carbocycles. The third-order valence-electron chi connectivity index (χ3n) is 3.67. The van der Waals surface area contributed by atoms with Crippen molar-refractivity contribution in [1.29, 1.82) is 0 Å².